The molecule has 4 aromatic rings. The maximum atomic E-state index is 12.2. The van der Waals surface area contributed by atoms with E-state index in [0.717, 1.165) is 15.2 Å². The van der Waals surface area contributed by atoms with E-state index in [0.29, 0.717) is 11.0 Å². The lowest BCUT2D eigenvalue weighted by atomic mass is 10.3. The fourth-order valence-electron chi connectivity index (χ4n) is 2.58. The van der Waals surface area contributed by atoms with Crippen molar-refractivity contribution in [2.45, 2.75) is 13.2 Å². The smallest absolute Gasteiger partial charge is 0.326 e. The number of nitrogens with zero attached hydrogens (tertiary/aromatic N) is 3. The summed E-state index contributed by atoms with van der Waals surface area (Å²) in [4.78, 5) is 32.7. The Morgan fingerprint density at radius 3 is 2.68 bits per heavy atom. The average Bonchev–Trinajstić information content (AvgIpc) is 3.05. The van der Waals surface area contributed by atoms with Crippen LogP contribution in [0.2, 0.25) is 0 Å². The first kappa shape index (κ1) is 15.5. The highest BCUT2D eigenvalue weighted by atomic mass is 32.1. The lowest BCUT2D eigenvalue weighted by Gasteiger charge is -2.08. The minimum absolute atomic E-state index is 0.0932. The molecule has 0 unspecified atom stereocenters. The van der Waals surface area contributed by atoms with Crippen LogP contribution < -0.4 is 5.56 Å². The van der Waals surface area contributed by atoms with Crippen LogP contribution in [0, 0.1) is 0 Å². The van der Waals surface area contributed by atoms with Gasteiger partial charge in [-0.25, -0.2) is 9.97 Å². The lowest BCUT2D eigenvalue weighted by molar-refractivity contribution is -0.145. The number of thiazole rings is 1. The number of rotatable bonds is 4. The van der Waals surface area contributed by atoms with Crippen LogP contribution in [0.1, 0.15) is 5.01 Å². The van der Waals surface area contributed by atoms with Crippen molar-refractivity contribution in [3.8, 4) is 0 Å². The van der Waals surface area contributed by atoms with E-state index in [1.165, 1.54) is 22.1 Å². The summed E-state index contributed by atoms with van der Waals surface area (Å²) in [6.07, 6.45) is 1.21. The zero-order valence-electron chi connectivity index (χ0n) is 13.1. The van der Waals surface area contributed by atoms with Gasteiger partial charge in [0.2, 0.25) is 0 Å². The van der Waals surface area contributed by atoms with Crippen molar-refractivity contribution < 1.29 is 9.53 Å². The number of para-hydroxylation sites is 3. The predicted octanol–water partition coefficient (Wildman–Crippen LogP) is 2.75. The zero-order valence-corrected chi connectivity index (χ0v) is 13.9. The molecule has 0 atom stereocenters. The minimum atomic E-state index is -0.488. The van der Waals surface area contributed by atoms with E-state index in [9.17, 15) is 9.59 Å². The Kier molecular flexibility index (Phi) is 3.99. The zero-order chi connectivity index (χ0) is 17.2. The number of hydrogen-bond donors (Lipinski definition) is 0. The summed E-state index contributed by atoms with van der Waals surface area (Å²) in [6, 6.07) is 14.9. The van der Waals surface area contributed by atoms with Crippen LogP contribution in [0.3, 0.4) is 0 Å². The Bertz CT molecular complexity index is 1100. The normalized spacial score (nSPS) is 11.0. The molecule has 4 rings (SSSR count). The second-order valence-corrected chi connectivity index (χ2v) is 6.52. The van der Waals surface area contributed by atoms with Crippen LogP contribution in [-0.4, -0.2) is 20.5 Å². The molecule has 0 spiro atoms. The van der Waals surface area contributed by atoms with Gasteiger partial charge in [0.25, 0.3) is 5.56 Å². The summed E-state index contributed by atoms with van der Waals surface area (Å²) < 4.78 is 7.70. The molecule has 2 aromatic carbocycles. The SMILES string of the molecule is O=C(Cn1c(=O)cnc2ccccc21)OCc1nc2ccccc2s1. The van der Waals surface area contributed by atoms with Crippen molar-refractivity contribution in [3.05, 3.63) is 70.1 Å². The van der Waals surface area contributed by atoms with E-state index in [1.54, 1.807) is 18.2 Å². The van der Waals surface area contributed by atoms with Gasteiger partial charge in [-0.05, 0) is 24.3 Å². The highest BCUT2D eigenvalue weighted by molar-refractivity contribution is 7.18. The van der Waals surface area contributed by atoms with Crippen LogP contribution >= 0.6 is 11.3 Å². The van der Waals surface area contributed by atoms with Crippen molar-refractivity contribution in [1.29, 1.82) is 0 Å². The molecule has 0 fully saturated rings. The molecule has 25 heavy (non-hydrogen) atoms. The summed E-state index contributed by atoms with van der Waals surface area (Å²) in [6.45, 7) is -0.0668. The van der Waals surface area contributed by atoms with Gasteiger partial charge in [-0.2, -0.15) is 0 Å². The molecule has 0 saturated heterocycles. The Morgan fingerprint density at radius 2 is 1.84 bits per heavy atom. The number of esters is 1. The topological polar surface area (TPSA) is 74.1 Å². The molecule has 6 nitrogen and oxygen atoms in total. The van der Waals surface area contributed by atoms with E-state index in [4.69, 9.17) is 4.74 Å². The number of benzene rings is 2. The fourth-order valence-corrected chi connectivity index (χ4v) is 3.46. The molecule has 2 aromatic heterocycles. The third-order valence-electron chi connectivity index (χ3n) is 3.73. The van der Waals surface area contributed by atoms with Crippen molar-refractivity contribution in [1.82, 2.24) is 14.5 Å². The predicted molar refractivity (Wildman–Crippen MR) is 95.4 cm³/mol. The van der Waals surface area contributed by atoms with Gasteiger partial charge in [0, 0.05) is 0 Å². The van der Waals surface area contributed by atoms with Crippen molar-refractivity contribution in [2.24, 2.45) is 0 Å². The van der Waals surface area contributed by atoms with E-state index in [-0.39, 0.29) is 18.7 Å². The molecule has 0 bridgehead atoms. The molecule has 0 amide bonds. The molecule has 0 aliphatic rings. The van der Waals surface area contributed by atoms with E-state index >= 15 is 0 Å². The van der Waals surface area contributed by atoms with Crippen LogP contribution in [0.25, 0.3) is 21.3 Å². The second kappa shape index (κ2) is 6.45. The summed E-state index contributed by atoms with van der Waals surface area (Å²) in [5.41, 5.74) is 1.80. The monoisotopic (exact) mass is 351 g/mol. The molecule has 0 aliphatic heterocycles. The number of aromatic nitrogens is 3. The fraction of sp³-hybridized carbons (Fsp3) is 0.111. The molecular weight excluding hydrogens is 338 g/mol. The molecule has 0 radical (unpaired) electrons. The molecule has 0 aliphatic carbocycles. The third-order valence-corrected chi connectivity index (χ3v) is 4.74. The Balaban J connectivity index is 1.51. The molecule has 0 saturated carbocycles. The Labute approximate surface area is 146 Å². The number of hydrogen-bond acceptors (Lipinski definition) is 6. The van der Waals surface area contributed by atoms with Crippen molar-refractivity contribution in [3.63, 3.8) is 0 Å². The summed E-state index contributed by atoms with van der Waals surface area (Å²) >= 11 is 1.48. The van der Waals surface area contributed by atoms with E-state index < -0.39 is 5.97 Å². The number of fused-ring (bicyclic) bond motifs is 2. The Morgan fingerprint density at radius 1 is 1.08 bits per heavy atom. The van der Waals surface area contributed by atoms with Gasteiger partial charge in [0.05, 0.1) is 27.4 Å². The largest absolute Gasteiger partial charge is 0.457 e. The van der Waals surface area contributed by atoms with Gasteiger partial charge in [-0.1, -0.05) is 24.3 Å². The minimum Gasteiger partial charge on any atom is -0.457 e. The van der Waals surface area contributed by atoms with Crippen molar-refractivity contribution >= 4 is 38.6 Å². The first-order chi connectivity index (χ1) is 12.2. The van der Waals surface area contributed by atoms with Crippen LogP contribution in [0.5, 0.6) is 0 Å². The highest BCUT2D eigenvalue weighted by Crippen LogP contribution is 2.22. The van der Waals surface area contributed by atoms with Gasteiger partial charge in [-0.3, -0.25) is 14.2 Å². The third kappa shape index (κ3) is 3.14. The van der Waals surface area contributed by atoms with Crippen molar-refractivity contribution in [2.75, 3.05) is 0 Å². The van der Waals surface area contributed by atoms with Crippen LogP contribution in [-0.2, 0) is 22.7 Å². The number of carbonyl (C=O) groups is 1. The lowest BCUT2D eigenvalue weighted by Crippen LogP contribution is -2.25. The molecule has 7 heteroatoms. The second-order valence-electron chi connectivity index (χ2n) is 5.41. The summed E-state index contributed by atoms with van der Waals surface area (Å²) in [5, 5.41) is 0.724. The molecule has 124 valence electrons. The maximum Gasteiger partial charge on any atom is 0.326 e. The number of carbonyl (C=O) groups excluding carboxylic acids is 1. The van der Waals surface area contributed by atoms with E-state index in [1.807, 2.05) is 30.3 Å². The molecule has 2 heterocycles. The van der Waals surface area contributed by atoms with Gasteiger partial charge in [0.1, 0.15) is 18.2 Å². The van der Waals surface area contributed by atoms with Gasteiger partial charge < -0.3 is 4.74 Å². The summed E-state index contributed by atoms with van der Waals surface area (Å²) in [7, 11) is 0. The molecule has 0 N–H and O–H groups in total. The maximum absolute atomic E-state index is 12.2. The standard InChI is InChI=1S/C18H13N3O3S/c22-17-9-19-12-5-1-3-7-14(12)21(17)10-18(23)24-11-16-20-13-6-2-4-8-15(13)25-16/h1-9H,10-11H2. The highest BCUT2D eigenvalue weighted by Gasteiger charge is 2.11. The van der Waals surface area contributed by atoms with Gasteiger partial charge in [0.15, 0.2) is 0 Å². The van der Waals surface area contributed by atoms with Gasteiger partial charge >= 0.3 is 5.97 Å². The quantitative estimate of drug-likeness (QED) is 0.529. The first-order valence-electron chi connectivity index (χ1n) is 7.65. The Hall–Kier alpha value is -3.06. The van der Waals surface area contributed by atoms with E-state index in [2.05, 4.69) is 9.97 Å². The van der Waals surface area contributed by atoms with Gasteiger partial charge in [-0.15, -0.1) is 11.3 Å². The average molecular weight is 351 g/mol. The molecular formula is C18H13N3O3S. The van der Waals surface area contributed by atoms with Crippen LogP contribution in [0.4, 0.5) is 0 Å². The van der Waals surface area contributed by atoms with Crippen LogP contribution in [0.15, 0.2) is 59.5 Å². The number of ether oxygens (including phenoxy) is 1. The summed E-state index contributed by atoms with van der Waals surface area (Å²) in [5.74, 6) is -0.488. The first-order valence-corrected chi connectivity index (χ1v) is 8.47.